The average Bonchev–Trinajstić information content (AvgIpc) is 2.99. The second-order valence-corrected chi connectivity index (χ2v) is 6.91. The highest BCUT2D eigenvalue weighted by atomic mass is 16.2. The van der Waals surface area contributed by atoms with Crippen LogP contribution in [0.5, 0.6) is 0 Å². The van der Waals surface area contributed by atoms with Crippen LogP contribution in [0.15, 0.2) is 48.7 Å². The van der Waals surface area contributed by atoms with Gasteiger partial charge in [0.25, 0.3) is 5.91 Å². The van der Waals surface area contributed by atoms with Gasteiger partial charge in [-0.3, -0.25) is 14.6 Å². The third kappa shape index (κ3) is 5.16. The Morgan fingerprint density at radius 3 is 2.33 bits per heavy atom. The van der Waals surface area contributed by atoms with Gasteiger partial charge in [0.1, 0.15) is 5.69 Å². The van der Waals surface area contributed by atoms with E-state index in [4.69, 9.17) is 0 Å². The second kappa shape index (κ2) is 9.31. The van der Waals surface area contributed by atoms with Crippen molar-refractivity contribution in [3.63, 3.8) is 0 Å². The minimum Gasteiger partial charge on any atom is -0.341 e. The number of carbonyl (C=O) groups is 2. The summed E-state index contributed by atoms with van der Waals surface area (Å²) in [6.45, 7) is 4.66. The van der Waals surface area contributed by atoms with Gasteiger partial charge < -0.3 is 9.80 Å². The Morgan fingerprint density at radius 2 is 1.63 bits per heavy atom. The number of benzene rings is 1. The van der Waals surface area contributed by atoms with Crippen molar-refractivity contribution in [3.05, 3.63) is 65.5 Å². The lowest BCUT2D eigenvalue weighted by molar-refractivity contribution is -0.131. The van der Waals surface area contributed by atoms with Crippen LogP contribution in [0.25, 0.3) is 0 Å². The van der Waals surface area contributed by atoms with Crippen LogP contribution in [0.3, 0.4) is 0 Å². The van der Waals surface area contributed by atoms with E-state index in [0.29, 0.717) is 38.3 Å². The topological polar surface area (TPSA) is 53.5 Å². The zero-order chi connectivity index (χ0) is 19.1. The zero-order valence-electron chi connectivity index (χ0n) is 15.9. The van der Waals surface area contributed by atoms with Crippen molar-refractivity contribution < 1.29 is 9.59 Å². The first-order valence-electron chi connectivity index (χ1n) is 9.73. The maximum absolute atomic E-state index is 12.6. The Hall–Kier alpha value is -2.69. The highest BCUT2D eigenvalue weighted by Gasteiger charge is 2.23. The Balaban J connectivity index is 1.51. The summed E-state index contributed by atoms with van der Waals surface area (Å²) in [4.78, 5) is 33.0. The number of aryl methyl sites for hydroxylation is 2. The number of nitrogens with zero attached hydrogens (tertiary/aromatic N) is 3. The molecule has 1 aliphatic rings. The van der Waals surface area contributed by atoms with Gasteiger partial charge in [-0.05, 0) is 42.5 Å². The molecule has 2 aromatic rings. The molecule has 1 saturated heterocycles. The van der Waals surface area contributed by atoms with Gasteiger partial charge in [0.15, 0.2) is 0 Å². The first-order valence-corrected chi connectivity index (χ1v) is 9.73. The normalized spacial score (nSPS) is 14.7. The van der Waals surface area contributed by atoms with Crippen LogP contribution < -0.4 is 0 Å². The van der Waals surface area contributed by atoms with Crippen molar-refractivity contribution >= 4 is 11.8 Å². The molecular weight excluding hydrogens is 338 g/mol. The molecule has 3 rings (SSSR count). The van der Waals surface area contributed by atoms with Gasteiger partial charge in [-0.15, -0.1) is 0 Å². The summed E-state index contributed by atoms with van der Waals surface area (Å²) in [6.07, 6.45) is 4.74. The van der Waals surface area contributed by atoms with Crippen LogP contribution >= 0.6 is 0 Å². The molecule has 1 aromatic carbocycles. The predicted molar refractivity (Wildman–Crippen MR) is 105 cm³/mol. The minimum atomic E-state index is -0.0547. The van der Waals surface area contributed by atoms with E-state index in [1.165, 1.54) is 11.1 Å². The monoisotopic (exact) mass is 365 g/mol. The van der Waals surface area contributed by atoms with Gasteiger partial charge in [0.05, 0.1) is 0 Å². The summed E-state index contributed by atoms with van der Waals surface area (Å²) < 4.78 is 0. The van der Waals surface area contributed by atoms with Crippen molar-refractivity contribution in [2.75, 3.05) is 26.2 Å². The first kappa shape index (κ1) is 19.1. The average molecular weight is 365 g/mol. The fourth-order valence-corrected chi connectivity index (χ4v) is 3.37. The SMILES string of the molecule is CCc1ccc(CCC(=O)N2CCCN(C(=O)c3ccccn3)CC2)cc1. The van der Waals surface area contributed by atoms with Crippen molar-refractivity contribution in [1.29, 1.82) is 0 Å². The second-order valence-electron chi connectivity index (χ2n) is 6.91. The van der Waals surface area contributed by atoms with E-state index in [9.17, 15) is 9.59 Å². The predicted octanol–water partition coefficient (Wildman–Crippen LogP) is 2.95. The molecule has 5 heteroatoms. The number of hydrogen-bond acceptors (Lipinski definition) is 3. The van der Waals surface area contributed by atoms with Crippen LogP contribution in [-0.4, -0.2) is 52.8 Å². The third-order valence-corrected chi connectivity index (χ3v) is 5.08. The maximum Gasteiger partial charge on any atom is 0.272 e. The molecule has 0 bridgehead atoms. The summed E-state index contributed by atoms with van der Waals surface area (Å²) in [5, 5.41) is 0. The molecule has 0 radical (unpaired) electrons. The fraction of sp³-hybridized carbons (Fsp3) is 0.409. The number of aromatic nitrogens is 1. The lowest BCUT2D eigenvalue weighted by Crippen LogP contribution is -2.37. The highest BCUT2D eigenvalue weighted by Crippen LogP contribution is 2.11. The van der Waals surface area contributed by atoms with Crippen LogP contribution in [0.2, 0.25) is 0 Å². The molecule has 2 heterocycles. The molecule has 5 nitrogen and oxygen atoms in total. The van der Waals surface area contributed by atoms with E-state index in [-0.39, 0.29) is 11.8 Å². The first-order chi connectivity index (χ1) is 13.2. The molecule has 2 amide bonds. The van der Waals surface area contributed by atoms with Crippen LogP contribution in [-0.2, 0) is 17.6 Å². The number of carbonyl (C=O) groups excluding carboxylic acids is 2. The minimum absolute atomic E-state index is 0.0547. The quantitative estimate of drug-likeness (QED) is 0.819. The molecule has 0 spiro atoms. The Kier molecular flexibility index (Phi) is 6.58. The molecule has 142 valence electrons. The Bertz CT molecular complexity index is 759. The van der Waals surface area contributed by atoms with Crippen molar-refractivity contribution in [2.45, 2.75) is 32.6 Å². The van der Waals surface area contributed by atoms with Gasteiger partial charge in [-0.1, -0.05) is 37.3 Å². The number of rotatable bonds is 5. The number of pyridine rings is 1. The largest absolute Gasteiger partial charge is 0.341 e. The van der Waals surface area contributed by atoms with Gasteiger partial charge in [0, 0.05) is 38.8 Å². The standard InChI is InChI=1S/C22H27N3O2/c1-2-18-7-9-19(10-8-18)11-12-21(26)24-14-5-15-25(17-16-24)22(27)20-6-3-4-13-23-20/h3-4,6-10,13H,2,5,11-12,14-17H2,1H3. The highest BCUT2D eigenvalue weighted by molar-refractivity contribution is 5.92. The summed E-state index contributed by atoms with van der Waals surface area (Å²) in [6, 6.07) is 13.8. The molecule has 0 aliphatic carbocycles. The molecule has 0 unspecified atom stereocenters. The van der Waals surface area contributed by atoms with Crippen molar-refractivity contribution in [3.8, 4) is 0 Å². The van der Waals surface area contributed by atoms with Crippen LogP contribution in [0, 0.1) is 0 Å². The van der Waals surface area contributed by atoms with Gasteiger partial charge in [0.2, 0.25) is 5.91 Å². The molecule has 0 saturated carbocycles. The summed E-state index contributed by atoms with van der Waals surface area (Å²) >= 11 is 0. The summed E-state index contributed by atoms with van der Waals surface area (Å²) in [5.41, 5.74) is 2.98. The summed E-state index contributed by atoms with van der Waals surface area (Å²) in [5.74, 6) is 0.114. The zero-order valence-corrected chi connectivity index (χ0v) is 15.9. The molecule has 0 atom stereocenters. The van der Waals surface area contributed by atoms with Gasteiger partial charge in [-0.2, -0.15) is 0 Å². The van der Waals surface area contributed by atoms with E-state index in [0.717, 1.165) is 19.3 Å². The lowest BCUT2D eigenvalue weighted by Gasteiger charge is -2.22. The van der Waals surface area contributed by atoms with E-state index in [1.54, 1.807) is 23.2 Å². The lowest BCUT2D eigenvalue weighted by atomic mass is 10.1. The third-order valence-electron chi connectivity index (χ3n) is 5.08. The Morgan fingerprint density at radius 1 is 0.926 bits per heavy atom. The molecule has 0 N–H and O–H groups in total. The van der Waals surface area contributed by atoms with E-state index < -0.39 is 0 Å². The van der Waals surface area contributed by atoms with E-state index in [1.807, 2.05) is 11.0 Å². The van der Waals surface area contributed by atoms with Crippen LogP contribution in [0.4, 0.5) is 0 Å². The number of hydrogen-bond donors (Lipinski definition) is 0. The fourth-order valence-electron chi connectivity index (χ4n) is 3.37. The summed E-state index contributed by atoms with van der Waals surface area (Å²) in [7, 11) is 0. The number of amides is 2. The van der Waals surface area contributed by atoms with Gasteiger partial charge in [-0.25, -0.2) is 0 Å². The Labute approximate surface area is 161 Å². The maximum atomic E-state index is 12.6. The molecule has 1 aliphatic heterocycles. The molecule has 1 aromatic heterocycles. The molecular formula is C22H27N3O2. The van der Waals surface area contributed by atoms with E-state index >= 15 is 0 Å². The van der Waals surface area contributed by atoms with E-state index in [2.05, 4.69) is 36.2 Å². The molecule has 1 fully saturated rings. The van der Waals surface area contributed by atoms with Gasteiger partial charge >= 0.3 is 0 Å². The van der Waals surface area contributed by atoms with Crippen LogP contribution in [0.1, 0.15) is 41.4 Å². The molecule has 27 heavy (non-hydrogen) atoms. The smallest absolute Gasteiger partial charge is 0.272 e. The van der Waals surface area contributed by atoms with Crippen molar-refractivity contribution in [2.24, 2.45) is 0 Å². The van der Waals surface area contributed by atoms with Crippen molar-refractivity contribution in [1.82, 2.24) is 14.8 Å².